The third kappa shape index (κ3) is 4.08. The third-order valence-electron chi connectivity index (χ3n) is 2.77. The third-order valence-corrected chi connectivity index (χ3v) is 5.12. The summed E-state index contributed by atoms with van der Waals surface area (Å²) >= 11 is 3.29. The van der Waals surface area contributed by atoms with Crippen molar-refractivity contribution in [2.45, 2.75) is 30.2 Å². The quantitative estimate of drug-likeness (QED) is 0.819. The van der Waals surface area contributed by atoms with Crippen molar-refractivity contribution in [3.05, 3.63) is 28.7 Å². The van der Waals surface area contributed by atoms with Crippen LogP contribution in [0.3, 0.4) is 0 Å². The maximum absolute atomic E-state index is 12.0. The number of benzene rings is 1. The number of rotatable bonds is 6. The van der Waals surface area contributed by atoms with Gasteiger partial charge in [-0.2, -0.15) is 0 Å². The Hall–Kier alpha value is -0.390. The number of nitrogens with one attached hydrogen (secondary N) is 1. The van der Waals surface area contributed by atoms with Crippen LogP contribution < -0.4 is 5.32 Å². The van der Waals surface area contributed by atoms with Gasteiger partial charge in [0.15, 0.2) is 9.84 Å². The molecule has 94 valence electrons. The van der Waals surface area contributed by atoms with Gasteiger partial charge in [-0.3, -0.25) is 0 Å². The van der Waals surface area contributed by atoms with Crippen molar-refractivity contribution in [3.8, 4) is 0 Å². The molecule has 0 saturated heterocycles. The van der Waals surface area contributed by atoms with Crippen molar-refractivity contribution in [1.82, 2.24) is 5.32 Å². The summed E-state index contributed by atoms with van der Waals surface area (Å²) in [5, 5.41) is 3.32. The summed E-state index contributed by atoms with van der Waals surface area (Å²) in [5.41, 5.74) is 0. The first kappa shape index (κ1) is 13.1. The van der Waals surface area contributed by atoms with Crippen LogP contribution in [0, 0.1) is 0 Å². The predicted molar refractivity (Wildman–Crippen MR) is 71.8 cm³/mol. The Labute approximate surface area is 111 Å². The van der Waals surface area contributed by atoms with Gasteiger partial charge in [0.25, 0.3) is 0 Å². The lowest BCUT2D eigenvalue weighted by Gasteiger charge is -2.05. The molecule has 0 spiro atoms. The monoisotopic (exact) mass is 317 g/mol. The molecular weight excluding hydrogens is 302 g/mol. The van der Waals surface area contributed by atoms with Crippen molar-refractivity contribution in [3.63, 3.8) is 0 Å². The topological polar surface area (TPSA) is 46.2 Å². The molecule has 2 rings (SSSR count). The van der Waals surface area contributed by atoms with Crippen LogP contribution in [0.15, 0.2) is 33.6 Å². The zero-order valence-corrected chi connectivity index (χ0v) is 11.9. The van der Waals surface area contributed by atoms with E-state index in [4.69, 9.17) is 0 Å². The van der Waals surface area contributed by atoms with Crippen molar-refractivity contribution in [1.29, 1.82) is 0 Å². The van der Waals surface area contributed by atoms with E-state index in [0.29, 0.717) is 17.4 Å². The molecule has 0 radical (unpaired) electrons. The van der Waals surface area contributed by atoms with Gasteiger partial charge < -0.3 is 5.32 Å². The largest absolute Gasteiger partial charge is 0.314 e. The van der Waals surface area contributed by atoms with E-state index in [9.17, 15) is 8.42 Å². The molecule has 0 aromatic heterocycles. The van der Waals surface area contributed by atoms with Crippen LogP contribution in [0.25, 0.3) is 0 Å². The first-order chi connectivity index (χ1) is 8.08. The summed E-state index contributed by atoms with van der Waals surface area (Å²) in [6.07, 6.45) is 3.15. The first-order valence-corrected chi connectivity index (χ1v) is 8.24. The predicted octanol–water partition coefficient (Wildman–Crippen LogP) is 2.36. The zero-order chi connectivity index (χ0) is 12.3. The van der Waals surface area contributed by atoms with E-state index in [-0.39, 0.29) is 5.75 Å². The number of hydrogen-bond acceptors (Lipinski definition) is 3. The molecule has 0 heterocycles. The molecule has 17 heavy (non-hydrogen) atoms. The molecule has 1 N–H and O–H groups in total. The van der Waals surface area contributed by atoms with E-state index >= 15 is 0 Å². The van der Waals surface area contributed by atoms with Gasteiger partial charge in [0.1, 0.15) is 0 Å². The summed E-state index contributed by atoms with van der Waals surface area (Å²) in [6, 6.07) is 7.46. The number of hydrogen-bond donors (Lipinski definition) is 1. The van der Waals surface area contributed by atoms with Crippen molar-refractivity contribution < 1.29 is 8.42 Å². The summed E-state index contributed by atoms with van der Waals surface area (Å²) < 4.78 is 24.8. The molecule has 1 aliphatic carbocycles. The first-order valence-electron chi connectivity index (χ1n) is 5.80. The molecule has 1 saturated carbocycles. The lowest BCUT2D eigenvalue weighted by atomic mass is 10.4. The minimum Gasteiger partial charge on any atom is -0.314 e. The maximum Gasteiger partial charge on any atom is 0.178 e. The van der Waals surface area contributed by atoms with E-state index in [1.807, 2.05) is 0 Å². The smallest absolute Gasteiger partial charge is 0.178 e. The number of halogens is 1. The molecular formula is C12H16BrNO2S. The normalized spacial score (nSPS) is 16.1. The van der Waals surface area contributed by atoms with Crippen LogP contribution >= 0.6 is 15.9 Å². The molecule has 3 nitrogen and oxygen atoms in total. The van der Waals surface area contributed by atoms with Gasteiger partial charge in [-0.15, -0.1) is 0 Å². The molecule has 0 amide bonds. The molecule has 5 heteroatoms. The van der Waals surface area contributed by atoms with Crippen LogP contribution in [0.4, 0.5) is 0 Å². The highest BCUT2D eigenvalue weighted by atomic mass is 79.9. The molecule has 0 aliphatic heterocycles. The van der Waals surface area contributed by atoms with Crippen molar-refractivity contribution in [2.24, 2.45) is 0 Å². The average Bonchev–Trinajstić information content (AvgIpc) is 3.09. The molecule has 1 aromatic rings. The summed E-state index contributed by atoms with van der Waals surface area (Å²) in [6.45, 7) is 0.792. The Morgan fingerprint density at radius 3 is 2.47 bits per heavy atom. The lowest BCUT2D eigenvalue weighted by molar-refractivity contribution is 0.588. The Morgan fingerprint density at radius 1 is 1.24 bits per heavy atom. The van der Waals surface area contributed by atoms with E-state index < -0.39 is 9.84 Å². The highest BCUT2D eigenvalue weighted by Gasteiger charge is 2.20. The molecule has 1 aromatic carbocycles. The van der Waals surface area contributed by atoms with Gasteiger partial charge in [0.05, 0.1) is 10.6 Å². The van der Waals surface area contributed by atoms with E-state index in [1.54, 1.807) is 24.3 Å². The van der Waals surface area contributed by atoms with Gasteiger partial charge in [0.2, 0.25) is 0 Å². The SMILES string of the molecule is O=S(=O)(CCCNC1CC1)c1ccc(Br)cc1. The van der Waals surface area contributed by atoms with E-state index in [1.165, 1.54) is 12.8 Å². The fourth-order valence-corrected chi connectivity index (χ4v) is 3.19. The average molecular weight is 318 g/mol. The fraction of sp³-hybridized carbons (Fsp3) is 0.500. The Morgan fingerprint density at radius 2 is 1.88 bits per heavy atom. The van der Waals surface area contributed by atoms with Gasteiger partial charge in [-0.1, -0.05) is 15.9 Å². The molecule has 0 bridgehead atoms. The molecule has 1 aliphatic rings. The summed E-state index contributed by atoms with van der Waals surface area (Å²) in [5.74, 6) is 0.217. The molecule has 0 atom stereocenters. The van der Waals surface area contributed by atoms with Crippen molar-refractivity contribution >= 4 is 25.8 Å². The van der Waals surface area contributed by atoms with Gasteiger partial charge in [0, 0.05) is 10.5 Å². The summed E-state index contributed by atoms with van der Waals surface area (Å²) in [7, 11) is -3.12. The fourth-order valence-electron chi connectivity index (χ4n) is 1.62. The Kier molecular flexibility index (Phi) is 4.22. The second-order valence-electron chi connectivity index (χ2n) is 4.35. The highest BCUT2D eigenvalue weighted by Crippen LogP contribution is 2.19. The van der Waals surface area contributed by atoms with Crippen LogP contribution in [-0.2, 0) is 9.84 Å². The van der Waals surface area contributed by atoms with Gasteiger partial charge >= 0.3 is 0 Å². The van der Waals surface area contributed by atoms with Crippen LogP contribution in [-0.4, -0.2) is 26.8 Å². The number of sulfone groups is 1. The lowest BCUT2D eigenvalue weighted by Crippen LogP contribution is -2.20. The van der Waals surface area contributed by atoms with Crippen molar-refractivity contribution in [2.75, 3.05) is 12.3 Å². The van der Waals surface area contributed by atoms with Gasteiger partial charge in [-0.25, -0.2) is 8.42 Å². The Balaban J connectivity index is 1.86. The molecule has 0 unspecified atom stereocenters. The maximum atomic E-state index is 12.0. The van der Waals surface area contributed by atoms with Crippen LogP contribution in [0.5, 0.6) is 0 Å². The van der Waals surface area contributed by atoms with E-state index in [2.05, 4.69) is 21.2 Å². The standard InChI is InChI=1S/C12H16BrNO2S/c13-10-2-6-12(7-3-10)17(15,16)9-1-8-14-11-4-5-11/h2-3,6-7,11,14H,1,4-5,8-9H2. The van der Waals surface area contributed by atoms with Crippen LogP contribution in [0.1, 0.15) is 19.3 Å². The van der Waals surface area contributed by atoms with Crippen LogP contribution in [0.2, 0.25) is 0 Å². The van der Waals surface area contributed by atoms with E-state index in [0.717, 1.165) is 11.0 Å². The minimum absolute atomic E-state index is 0.217. The van der Waals surface area contributed by atoms with Gasteiger partial charge in [-0.05, 0) is 50.1 Å². The second kappa shape index (κ2) is 5.50. The Bertz CT molecular complexity index is 466. The second-order valence-corrected chi connectivity index (χ2v) is 7.38. The molecule has 1 fully saturated rings. The summed E-state index contributed by atoms with van der Waals surface area (Å²) in [4.78, 5) is 0.409. The highest BCUT2D eigenvalue weighted by molar-refractivity contribution is 9.10. The minimum atomic E-state index is -3.12. The zero-order valence-electron chi connectivity index (χ0n) is 9.52.